The average Bonchev–Trinajstić information content (AvgIpc) is 2.84. The van der Waals surface area contributed by atoms with Crippen molar-refractivity contribution in [2.45, 2.75) is 63.8 Å². The summed E-state index contributed by atoms with van der Waals surface area (Å²) in [5.41, 5.74) is -4.92. The van der Waals surface area contributed by atoms with Crippen molar-refractivity contribution in [3.05, 3.63) is 23.8 Å². The maximum Gasteiger partial charge on any atom is 0.179 e. The first kappa shape index (κ1) is 20.2. The molecular formula is C22H28ClFO4. The highest BCUT2D eigenvalue weighted by Crippen LogP contribution is 2.70. The third-order valence-corrected chi connectivity index (χ3v) is 8.98. The van der Waals surface area contributed by atoms with Gasteiger partial charge in [-0.1, -0.05) is 31.6 Å². The molecule has 154 valence electrons. The number of aliphatic hydroxyl groups is 2. The van der Waals surface area contributed by atoms with Gasteiger partial charge in [-0.15, -0.1) is 11.6 Å². The molecule has 0 aliphatic heterocycles. The fourth-order valence-electron chi connectivity index (χ4n) is 7.15. The van der Waals surface area contributed by atoms with E-state index in [0.29, 0.717) is 12.8 Å². The van der Waals surface area contributed by atoms with Crippen molar-refractivity contribution in [3.63, 3.8) is 0 Å². The second kappa shape index (κ2) is 5.99. The van der Waals surface area contributed by atoms with Crippen molar-refractivity contribution in [3.8, 4) is 0 Å². The predicted octanol–water partition coefficient (Wildman–Crippen LogP) is 3.14. The largest absolute Gasteiger partial charge is 0.390 e. The molecule has 2 saturated carbocycles. The van der Waals surface area contributed by atoms with E-state index in [1.807, 2.05) is 13.0 Å². The zero-order valence-corrected chi connectivity index (χ0v) is 17.3. The summed E-state index contributed by atoms with van der Waals surface area (Å²) in [6.07, 6.45) is 4.66. The number of ketones is 2. The smallest absolute Gasteiger partial charge is 0.179 e. The number of Topliss-reactive ketones (excluding diaryl/α,β-unsaturated/α-hetero) is 1. The van der Waals surface area contributed by atoms with Crippen LogP contribution in [0.2, 0.25) is 0 Å². The van der Waals surface area contributed by atoms with E-state index in [4.69, 9.17) is 11.6 Å². The van der Waals surface area contributed by atoms with E-state index < -0.39 is 39.9 Å². The van der Waals surface area contributed by atoms with Crippen molar-refractivity contribution >= 4 is 23.2 Å². The molecule has 0 unspecified atom stereocenters. The van der Waals surface area contributed by atoms with Crippen LogP contribution in [-0.2, 0) is 9.59 Å². The number of halogens is 2. The van der Waals surface area contributed by atoms with Gasteiger partial charge >= 0.3 is 0 Å². The molecule has 0 spiro atoms. The van der Waals surface area contributed by atoms with E-state index in [-0.39, 0.29) is 36.3 Å². The summed E-state index contributed by atoms with van der Waals surface area (Å²) < 4.78 is 16.9. The number of carbonyl (C=O) groups is 2. The standard InChI is InChI=1S/C22H28ClFO4/c1-12-8-16-15-5-4-13-9-14(25)6-7-19(13,2)21(15,24)17(26)10-20(16,3)22(12,28)18(27)11-23/h4,6-7,12,15-17,26,28H,5,8-11H2,1-3H3/t12-,15-,16-,17-,19-,20-,21-,22-/m0/s1. The Hall–Kier alpha value is -1.04. The Labute approximate surface area is 169 Å². The van der Waals surface area contributed by atoms with Crippen LogP contribution in [0.4, 0.5) is 4.39 Å². The number of aliphatic hydroxyl groups excluding tert-OH is 1. The Morgan fingerprint density at radius 1 is 1.36 bits per heavy atom. The van der Waals surface area contributed by atoms with Gasteiger partial charge in [0.15, 0.2) is 17.2 Å². The second-order valence-corrected chi connectivity index (χ2v) is 9.99. The minimum absolute atomic E-state index is 0.0151. The summed E-state index contributed by atoms with van der Waals surface area (Å²) in [5.74, 6) is -2.01. The number of hydrogen-bond donors (Lipinski definition) is 2. The van der Waals surface area contributed by atoms with Crippen LogP contribution in [0.1, 0.15) is 46.5 Å². The van der Waals surface area contributed by atoms with E-state index >= 15 is 4.39 Å². The van der Waals surface area contributed by atoms with E-state index in [2.05, 4.69) is 0 Å². The van der Waals surface area contributed by atoms with Crippen molar-refractivity contribution in [2.24, 2.45) is 28.6 Å². The molecule has 0 saturated heterocycles. The molecule has 4 aliphatic carbocycles. The molecule has 0 aromatic carbocycles. The number of alkyl halides is 2. The van der Waals surface area contributed by atoms with Gasteiger partial charge in [0.25, 0.3) is 0 Å². The van der Waals surface area contributed by atoms with Crippen molar-refractivity contribution < 1.29 is 24.2 Å². The molecule has 0 heterocycles. The number of fused-ring (bicyclic) bond motifs is 5. The van der Waals surface area contributed by atoms with Gasteiger partial charge in [0.05, 0.1) is 12.0 Å². The highest BCUT2D eigenvalue weighted by molar-refractivity contribution is 6.29. The van der Waals surface area contributed by atoms with Gasteiger partial charge in [-0.05, 0) is 44.1 Å². The zero-order valence-electron chi connectivity index (χ0n) is 16.5. The summed E-state index contributed by atoms with van der Waals surface area (Å²) in [7, 11) is 0. The predicted molar refractivity (Wildman–Crippen MR) is 104 cm³/mol. The van der Waals surface area contributed by atoms with Gasteiger partial charge in [0, 0.05) is 23.2 Å². The summed E-state index contributed by atoms with van der Waals surface area (Å²) >= 11 is 5.81. The summed E-state index contributed by atoms with van der Waals surface area (Å²) in [6.45, 7) is 5.37. The molecule has 2 fully saturated rings. The zero-order chi connectivity index (χ0) is 20.7. The first-order valence-corrected chi connectivity index (χ1v) is 10.6. The van der Waals surface area contributed by atoms with E-state index in [0.717, 1.165) is 5.57 Å². The SMILES string of the molecule is C[C@H]1C[C@H]2[C@@H]3CC=C4CC(=O)C=C[C@]4(C)[C@@]3(F)[C@@H](O)C[C@]2(C)[C@@]1(O)C(=O)CCl. The van der Waals surface area contributed by atoms with E-state index in [1.54, 1.807) is 19.9 Å². The minimum Gasteiger partial charge on any atom is -0.390 e. The molecule has 28 heavy (non-hydrogen) atoms. The summed E-state index contributed by atoms with van der Waals surface area (Å²) in [5, 5.41) is 22.6. The molecule has 0 bridgehead atoms. The van der Waals surface area contributed by atoms with Crippen LogP contribution >= 0.6 is 11.6 Å². The highest BCUT2D eigenvalue weighted by Gasteiger charge is 2.75. The summed E-state index contributed by atoms with van der Waals surface area (Å²) in [6, 6.07) is 0. The molecule has 0 radical (unpaired) electrons. The van der Waals surface area contributed by atoms with Crippen LogP contribution in [0.3, 0.4) is 0 Å². The van der Waals surface area contributed by atoms with E-state index in [1.165, 1.54) is 6.08 Å². The molecule has 6 heteroatoms. The first-order valence-electron chi connectivity index (χ1n) is 10.1. The van der Waals surface area contributed by atoms with Gasteiger partial charge in [0.1, 0.15) is 5.60 Å². The first-order chi connectivity index (χ1) is 13.0. The molecular weight excluding hydrogens is 383 g/mol. The minimum atomic E-state index is -1.95. The van der Waals surface area contributed by atoms with Gasteiger partial charge in [-0.2, -0.15) is 0 Å². The van der Waals surface area contributed by atoms with Crippen LogP contribution in [-0.4, -0.2) is 45.0 Å². The molecule has 4 nitrogen and oxygen atoms in total. The lowest BCUT2D eigenvalue weighted by Gasteiger charge is -2.62. The topological polar surface area (TPSA) is 74.6 Å². The Bertz CT molecular complexity index is 808. The van der Waals surface area contributed by atoms with Crippen molar-refractivity contribution in [1.29, 1.82) is 0 Å². The number of rotatable bonds is 2. The van der Waals surface area contributed by atoms with Crippen LogP contribution in [0.25, 0.3) is 0 Å². The fourth-order valence-corrected chi connectivity index (χ4v) is 7.35. The quantitative estimate of drug-likeness (QED) is 0.541. The second-order valence-electron chi connectivity index (χ2n) is 9.72. The van der Waals surface area contributed by atoms with Gasteiger partial charge in [-0.3, -0.25) is 9.59 Å². The Kier molecular flexibility index (Phi) is 4.33. The highest BCUT2D eigenvalue weighted by atomic mass is 35.5. The average molecular weight is 411 g/mol. The van der Waals surface area contributed by atoms with Crippen molar-refractivity contribution in [1.82, 2.24) is 0 Å². The Morgan fingerprint density at radius 2 is 2.04 bits per heavy atom. The van der Waals surface area contributed by atoms with Crippen LogP contribution in [0, 0.1) is 28.6 Å². The third-order valence-electron chi connectivity index (χ3n) is 8.73. The lowest BCUT2D eigenvalue weighted by atomic mass is 9.45. The molecule has 4 rings (SSSR count). The van der Waals surface area contributed by atoms with Crippen molar-refractivity contribution in [2.75, 3.05) is 5.88 Å². The van der Waals surface area contributed by atoms with Crippen LogP contribution in [0.15, 0.2) is 23.8 Å². The maximum absolute atomic E-state index is 16.9. The lowest BCUT2D eigenvalue weighted by Crippen LogP contribution is -2.69. The monoisotopic (exact) mass is 410 g/mol. The van der Waals surface area contributed by atoms with Gasteiger partial charge < -0.3 is 10.2 Å². The van der Waals surface area contributed by atoms with Gasteiger partial charge in [-0.25, -0.2) is 4.39 Å². The molecule has 0 amide bonds. The van der Waals surface area contributed by atoms with Crippen LogP contribution < -0.4 is 0 Å². The Balaban J connectivity index is 1.85. The number of carbonyl (C=O) groups excluding carboxylic acids is 2. The molecule has 2 N–H and O–H groups in total. The maximum atomic E-state index is 16.9. The number of allylic oxidation sites excluding steroid dienone is 4. The molecule has 8 atom stereocenters. The number of hydrogen-bond acceptors (Lipinski definition) is 4. The lowest BCUT2D eigenvalue weighted by molar-refractivity contribution is -0.213. The van der Waals surface area contributed by atoms with E-state index in [9.17, 15) is 19.8 Å². The third kappa shape index (κ3) is 2.08. The molecule has 4 aliphatic rings. The molecule has 0 aromatic rings. The van der Waals surface area contributed by atoms with Gasteiger partial charge in [0.2, 0.25) is 0 Å². The Morgan fingerprint density at radius 3 is 2.68 bits per heavy atom. The molecule has 0 aromatic heterocycles. The fraction of sp³-hybridized carbons (Fsp3) is 0.727. The summed E-state index contributed by atoms with van der Waals surface area (Å²) in [4.78, 5) is 24.5. The normalized spacial score (nSPS) is 52.5. The van der Waals surface area contributed by atoms with Crippen LogP contribution in [0.5, 0.6) is 0 Å².